The number of ether oxygens (including phenoxy) is 1. The lowest BCUT2D eigenvalue weighted by Gasteiger charge is -2.09. The van der Waals surface area contributed by atoms with Crippen LogP contribution in [0.5, 0.6) is 5.75 Å². The first-order chi connectivity index (χ1) is 7.74. The second-order valence-corrected chi connectivity index (χ2v) is 3.77. The summed E-state index contributed by atoms with van der Waals surface area (Å²) in [4.78, 5) is 4.47. The first-order valence-corrected chi connectivity index (χ1v) is 5.47. The summed E-state index contributed by atoms with van der Waals surface area (Å²) in [5, 5.41) is 1.05. The molecule has 16 heavy (non-hydrogen) atoms. The molecule has 0 amide bonds. The Hall–Kier alpha value is -1.61. The molecular weight excluding hydrogens is 200 g/mol. The molecule has 0 saturated carbocycles. The molecule has 2 rings (SSSR count). The van der Waals surface area contributed by atoms with Gasteiger partial charge in [-0.15, -0.1) is 0 Å². The third kappa shape index (κ3) is 1.99. The summed E-state index contributed by atoms with van der Waals surface area (Å²) in [6, 6.07) is 8.07. The summed E-state index contributed by atoms with van der Waals surface area (Å²) in [6.45, 7) is 5.12. The molecule has 0 saturated heterocycles. The molecule has 0 aliphatic heterocycles. The minimum atomic E-state index is 0.434. The Kier molecular flexibility index (Phi) is 3.06. The van der Waals surface area contributed by atoms with Crippen molar-refractivity contribution < 1.29 is 4.74 Å². The van der Waals surface area contributed by atoms with E-state index in [0.717, 1.165) is 22.3 Å². The Morgan fingerprint density at radius 1 is 1.31 bits per heavy atom. The number of benzene rings is 1. The summed E-state index contributed by atoms with van der Waals surface area (Å²) in [5.41, 5.74) is 8.62. The van der Waals surface area contributed by atoms with E-state index in [1.807, 2.05) is 25.1 Å². The van der Waals surface area contributed by atoms with E-state index in [-0.39, 0.29) is 0 Å². The van der Waals surface area contributed by atoms with Crippen LogP contribution in [0.25, 0.3) is 10.9 Å². The minimum absolute atomic E-state index is 0.434. The van der Waals surface area contributed by atoms with Crippen molar-refractivity contribution in [2.24, 2.45) is 5.73 Å². The molecule has 0 bridgehead atoms. The molecule has 84 valence electrons. The predicted molar refractivity (Wildman–Crippen MR) is 65.5 cm³/mol. The zero-order chi connectivity index (χ0) is 11.5. The topological polar surface area (TPSA) is 48.1 Å². The number of hydrogen-bond donors (Lipinski definition) is 1. The number of aryl methyl sites for hydroxylation is 1. The third-order valence-corrected chi connectivity index (χ3v) is 2.49. The van der Waals surface area contributed by atoms with Crippen molar-refractivity contribution in [3.05, 3.63) is 35.5 Å². The zero-order valence-electron chi connectivity index (χ0n) is 9.66. The van der Waals surface area contributed by atoms with Crippen molar-refractivity contribution in [1.29, 1.82) is 0 Å². The van der Waals surface area contributed by atoms with Crippen LogP contribution >= 0.6 is 0 Å². The second kappa shape index (κ2) is 4.49. The maximum absolute atomic E-state index is 5.62. The maximum atomic E-state index is 5.62. The van der Waals surface area contributed by atoms with Gasteiger partial charge in [0.15, 0.2) is 0 Å². The highest BCUT2D eigenvalue weighted by Crippen LogP contribution is 2.26. The van der Waals surface area contributed by atoms with Gasteiger partial charge >= 0.3 is 0 Å². The van der Waals surface area contributed by atoms with E-state index in [0.29, 0.717) is 13.2 Å². The maximum Gasteiger partial charge on any atom is 0.130 e. The van der Waals surface area contributed by atoms with Gasteiger partial charge in [-0.2, -0.15) is 0 Å². The van der Waals surface area contributed by atoms with Crippen LogP contribution in [0.4, 0.5) is 0 Å². The van der Waals surface area contributed by atoms with E-state index in [1.54, 1.807) is 0 Å². The van der Waals surface area contributed by atoms with Gasteiger partial charge in [0, 0.05) is 18.0 Å². The third-order valence-electron chi connectivity index (χ3n) is 2.49. The summed E-state index contributed by atoms with van der Waals surface area (Å²) in [6.07, 6.45) is 0. The van der Waals surface area contributed by atoms with Gasteiger partial charge < -0.3 is 10.5 Å². The summed E-state index contributed by atoms with van der Waals surface area (Å²) < 4.78 is 5.62. The number of nitrogens with two attached hydrogens (primary N) is 1. The molecule has 0 aliphatic carbocycles. The van der Waals surface area contributed by atoms with Crippen LogP contribution in [0, 0.1) is 6.92 Å². The standard InChI is InChI=1S/C13H16N2O/c1-3-16-13-7-10(8-14)15-12-5-4-9(2)6-11(12)13/h4-7H,3,8,14H2,1-2H3. The highest BCUT2D eigenvalue weighted by Gasteiger charge is 2.06. The lowest BCUT2D eigenvalue weighted by Crippen LogP contribution is -2.02. The molecule has 1 aromatic carbocycles. The molecule has 3 nitrogen and oxygen atoms in total. The molecule has 1 heterocycles. The van der Waals surface area contributed by atoms with E-state index in [1.165, 1.54) is 5.56 Å². The number of pyridine rings is 1. The fraction of sp³-hybridized carbons (Fsp3) is 0.308. The van der Waals surface area contributed by atoms with Gasteiger partial charge in [0.1, 0.15) is 5.75 Å². The van der Waals surface area contributed by atoms with Gasteiger partial charge in [0.05, 0.1) is 17.8 Å². The fourth-order valence-electron chi connectivity index (χ4n) is 1.74. The van der Waals surface area contributed by atoms with Gasteiger partial charge in [0.25, 0.3) is 0 Å². The van der Waals surface area contributed by atoms with Crippen LogP contribution in [0.3, 0.4) is 0 Å². The average Bonchev–Trinajstić information content (AvgIpc) is 2.30. The first-order valence-electron chi connectivity index (χ1n) is 5.47. The van der Waals surface area contributed by atoms with Gasteiger partial charge in [-0.3, -0.25) is 4.98 Å². The van der Waals surface area contributed by atoms with E-state index in [2.05, 4.69) is 18.0 Å². The number of rotatable bonds is 3. The summed E-state index contributed by atoms with van der Waals surface area (Å²) >= 11 is 0. The molecule has 0 atom stereocenters. The Morgan fingerprint density at radius 2 is 2.12 bits per heavy atom. The fourth-order valence-corrected chi connectivity index (χ4v) is 1.74. The summed E-state index contributed by atoms with van der Waals surface area (Å²) in [5.74, 6) is 0.872. The van der Waals surface area contributed by atoms with Crippen LogP contribution in [-0.2, 0) is 6.54 Å². The van der Waals surface area contributed by atoms with Crippen LogP contribution < -0.4 is 10.5 Å². The lowest BCUT2D eigenvalue weighted by molar-refractivity contribution is 0.343. The first kappa shape index (κ1) is 10.9. The van der Waals surface area contributed by atoms with Gasteiger partial charge in [-0.1, -0.05) is 11.6 Å². The highest BCUT2D eigenvalue weighted by molar-refractivity contribution is 5.85. The molecule has 2 aromatic rings. The lowest BCUT2D eigenvalue weighted by atomic mass is 10.1. The second-order valence-electron chi connectivity index (χ2n) is 3.77. The van der Waals surface area contributed by atoms with E-state index >= 15 is 0 Å². The van der Waals surface area contributed by atoms with Crippen molar-refractivity contribution in [3.63, 3.8) is 0 Å². The molecule has 0 unspecified atom stereocenters. The Bertz CT molecular complexity index is 509. The molecule has 3 heteroatoms. The van der Waals surface area contributed by atoms with Gasteiger partial charge in [-0.25, -0.2) is 0 Å². The highest BCUT2D eigenvalue weighted by atomic mass is 16.5. The van der Waals surface area contributed by atoms with Crippen molar-refractivity contribution in [1.82, 2.24) is 4.98 Å². The summed E-state index contributed by atoms with van der Waals surface area (Å²) in [7, 11) is 0. The SMILES string of the molecule is CCOc1cc(CN)nc2ccc(C)cc12. The number of nitrogens with zero attached hydrogens (tertiary/aromatic N) is 1. The molecule has 2 N–H and O–H groups in total. The van der Waals surface area contributed by atoms with Gasteiger partial charge in [-0.05, 0) is 26.0 Å². The van der Waals surface area contributed by atoms with Crippen molar-refractivity contribution in [2.45, 2.75) is 20.4 Å². The Morgan fingerprint density at radius 3 is 2.81 bits per heavy atom. The largest absolute Gasteiger partial charge is 0.493 e. The monoisotopic (exact) mass is 216 g/mol. The van der Waals surface area contributed by atoms with Crippen LogP contribution in [0.2, 0.25) is 0 Å². The zero-order valence-corrected chi connectivity index (χ0v) is 9.66. The van der Waals surface area contributed by atoms with E-state index in [9.17, 15) is 0 Å². The minimum Gasteiger partial charge on any atom is -0.493 e. The van der Waals surface area contributed by atoms with Gasteiger partial charge in [0.2, 0.25) is 0 Å². The van der Waals surface area contributed by atoms with E-state index < -0.39 is 0 Å². The number of hydrogen-bond acceptors (Lipinski definition) is 3. The quantitative estimate of drug-likeness (QED) is 0.857. The van der Waals surface area contributed by atoms with Crippen LogP contribution in [-0.4, -0.2) is 11.6 Å². The molecule has 1 aromatic heterocycles. The van der Waals surface area contributed by atoms with Crippen molar-refractivity contribution in [3.8, 4) is 5.75 Å². The number of aromatic nitrogens is 1. The van der Waals surface area contributed by atoms with Crippen LogP contribution in [0.15, 0.2) is 24.3 Å². The molecule has 0 fully saturated rings. The molecule has 0 aliphatic rings. The van der Waals surface area contributed by atoms with Crippen LogP contribution in [0.1, 0.15) is 18.2 Å². The smallest absolute Gasteiger partial charge is 0.130 e. The average molecular weight is 216 g/mol. The number of fused-ring (bicyclic) bond motifs is 1. The van der Waals surface area contributed by atoms with Crippen molar-refractivity contribution >= 4 is 10.9 Å². The predicted octanol–water partition coefficient (Wildman–Crippen LogP) is 2.40. The Labute approximate surface area is 95.2 Å². The molecular formula is C13H16N2O. The molecule has 0 spiro atoms. The van der Waals surface area contributed by atoms with Crippen molar-refractivity contribution in [2.75, 3.05) is 6.61 Å². The Balaban J connectivity index is 2.66. The molecule has 0 radical (unpaired) electrons. The van der Waals surface area contributed by atoms with E-state index in [4.69, 9.17) is 10.5 Å². The normalized spacial score (nSPS) is 10.7.